The second-order valence-corrected chi connectivity index (χ2v) is 3.19. The van der Waals surface area contributed by atoms with E-state index in [1.807, 2.05) is 27.7 Å². The highest BCUT2D eigenvalue weighted by Crippen LogP contribution is 2.08. The lowest BCUT2D eigenvalue weighted by Gasteiger charge is -2.19. The molecule has 0 aromatic rings. The van der Waals surface area contributed by atoms with Crippen molar-refractivity contribution in [3.05, 3.63) is 0 Å². The molecule has 0 unspecified atom stereocenters. The summed E-state index contributed by atoms with van der Waals surface area (Å²) in [7, 11) is 0. The fourth-order valence-electron chi connectivity index (χ4n) is 0.794. The molecule has 0 aromatic heterocycles. The van der Waals surface area contributed by atoms with Crippen molar-refractivity contribution in [1.29, 1.82) is 0 Å². The second kappa shape index (κ2) is 4.34. The molecule has 3 nitrogen and oxygen atoms in total. The summed E-state index contributed by atoms with van der Waals surface area (Å²) >= 11 is 0. The molecule has 0 aliphatic heterocycles. The van der Waals surface area contributed by atoms with Crippen LogP contribution in [0.15, 0.2) is 0 Å². The number of aliphatic carboxylic acids is 1. The fourth-order valence-corrected chi connectivity index (χ4v) is 0.794. The molecule has 0 aliphatic carbocycles. The third-order valence-electron chi connectivity index (χ3n) is 1.27. The van der Waals surface area contributed by atoms with Gasteiger partial charge < -0.3 is 9.84 Å². The van der Waals surface area contributed by atoms with E-state index in [0.717, 1.165) is 0 Å². The van der Waals surface area contributed by atoms with Crippen molar-refractivity contribution < 1.29 is 14.6 Å². The molecule has 1 N–H and O–H groups in total. The Bertz CT molecular complexity index is 129. The zero-order chi connectivity index (χ0) is 9.02. The lowest BCUT2D eigenvalue weighted by molar-refractivity contribution is -0.156. The Hall–Kier alpha value is -0.570. The lowest BCUT2D eigenvalue weighted by Crippen LogP contribution is -2.31. The van der Waals surface area contributed by atoms with Gasteiger partial charge in [0.25, 0.3) is 0 Å². The van der Waals surface area contributed by atoms with Gasteiger partial charge in [0.15, 0.2) is 6.10 Å². The monoisotopic (exact) mass is 160 g/mol. The summed E-state index contributed by atoms with van der Waals surface area (Å²) < 4.78 is 5.17. The SMILES string of the molecule is CC(C)O[C@H](C(=O)O)C(C)C. The van der Waals surface area contributed by atoms with Gasteiger partial charge in [-0.05, 0) is 19.8 Å². The van der Waals surface area contributed by atoms with E-state index in [4.69, 9.17) is 9.84 Å². The Morgan fingerprint density at radius 2 is 1.73 bits per heavy atom. The number of rotatable bonds is 4. The molecule has 0 aromatic carbocycles. The maximum absolute atomic E-state index is 10.6. The molecular formula is C8H16O3. The van der Waals surface area contributed by atoms with Crippen molar-refractivity contribution in [2.75, 3.05) is 0 Å². The maximum Gasteiger partial charge on any atom is 0.333 e. The van der Waals surface area contributed by atoms with Crippen LogP contribution in [0.25, 0.3) is 0 Å². The van der Waals surface area contributed by atoms with Crippen LogP contribution in [0, 0.1) is 5.92 Å². The van der Waals surface area contributed by atoms with Gasteiger partial charge >= 0.3 is 5.97 Å². The predicted molar refractivity (Wildman–Crippen MR) is 42.5 cm³/mol. The maximum atomic E-state index is 10.6. The van der Waals surface area contributed by atoms with Crippen molar-refractivity contribution in [3.8, 4) is 0 Å². The topological polar surface area (TPSA) is 46.5 Å². The van der Waals surface area contributed by atoms with Crippen LogP contribution in [0.2, 0.25) is 0 Å². The van der Waals surface area contributed by atoms with E-state index in [1.54, 1.807) is 0 Å². The van der Waals surface area contributed by atoms with Crippen molar-refractivity contribution in [2.45, 2.75) is 39.9 Å². The van der Waals surface area contributed by atoms with Crippen molar-refractivity contribution in [2.24, 2.45) is 5.92 Å². The Morgan fingerprint density at radius 3 is 1.82 bits per heavy atom. The van der Waals surface area contributed by atoms with Gasteiger partial charge in [-0.15, -0.1) is 0 Å². The quantitative estimate of drug-likeness (QED) is 0.678. The van der Waals surface area contributed by atoms with Gasteiger partial charge in [0.2, 0.25) is 0 Å². The Morgan fingerprint density at radius 1 is 1.27 bits per heavy atom. The minimum absolute atomic E-state index is 0.0231. The first-order valence-corrected chi connectivity index (χ1v) is 3.83. The number of hydrogen-bond acceptors (Lipinski definition) is 2. The Kier molecular flexibility index (Phi) is 4.11. The number of hydrogen-bond donors (Lipinski definition) is 1. The van der Waals surface area contributed by atoms with E-state index in [9.17, 15) is 4.79 Å². The smallest absolute Gasteiger partial charge is 0.333 e. The zero-order valence-electron chi connectivity index (χ0n) is 7.50. The van der Waals surface area contributed by atoms with Crippen LogP contribution in [0.3, 0.4) is 0 Å². The van der Waals surface area contributed by atoms with E-state index < -0.39 is 12.1 Å². The minimum Gasteiger partial charge on any atom is -0.479 e. The van der Waals surface area contributed by atoms with Gasteiger partial charge in [-0.1, -0.05) is 13.8 Å². The summed E-state index contributed by atoms with van der Waals surface area (Å²) in [5.41, 5.74) is 0. The fraction of sp³-hybridized carbons (Fsp3) is 0.875. The van der Waals surface area contributed by atoms with Crippen LogP contribution in [0.1, 0.15) is 27.7 Å². The molecular weight excluding hydrogens is 144 g/mol. The molecule has 0 bridgehead atoms. The van der Waals surface area contributed by atoms with Crippen LogP contribution >= 0.6 is 0 Å². The number of carboxylic acid groups (broad SMARTS) is 1. The third-order valence-corrected chi connectivity index (χ3v) is 1.27. The van der Waals surface area contributed by atoms with Crippen LogP contribution in [0.5, 0.6) is 0 Å². The first-order valence-electron chi connectivity index (χ1n) is 3.83. The van der Waals surface area contributed by atoms with Gasteiger partial charge in [0, 0.05) is 0 Å². The summed E-state index contributed by atoms with van der Waals surface area (Å²) in [6.45, 7) is 7.33. The van der Waals surface area contributed by atoms with Gasteiger partial charge in [-0.2, -0.15) is 0 Å². The molecule has 0 aliphatic rings. The van der Waals surface area contributed by atoms with E-state index in [-0.39, 0.29) is 12.0 Å². The number of ether oxygens (including phenoxy) is 1. The van der Waals surface area contributed by atoms with E-state index in [0.29, 0.717) is 0 Å². The highest BCUT2D eigenvalue weighted by molar-refractivity contribution is 5.72. The summed E-state index contributed by atoms with van der Waals surface area (Å²) in [6.07, 6.45) is -0.700. The number of carboxylic acids is 1. The average Bonchev–Trinajstić information content (AvgIpc) is 1.81. The summed E-state index contributed by atoms with van der Waals surface area (Å²) in [5, 5.41) is 8.67. The Balaban J connectivity index is 4.01. The highest BCUT2D eigenvalue weighted by Gasteiger charge is 2.22. The van der Waals surface area contributed by atoms with Gasteiger partial charge in [-0.25, -0.2) is 4.79 Å². The molecule has 0 saturated carbocycles. The third kappa shape index (κ3) is 3.98. The highest BCUT2D eigenvalue weighted by atomic mass is 16.5. The van der Waals surface area contributed by atoms with E-state index >= 15 is 0 Å². The molecule has 0 fully saturated rings. The van der Waals surface area contributed by atoms with Crippen LogP contribution in [-0.2, 0) is 9.53 Å². The predicted octanol–water partition coefficient (Wildman–Crippen LogP) is 1.52. The molecule has 0 heterocycles. The molecule has 11 heavy (non-hydrogen) atoms. The summed E-state index contributed by atoms with van der Waals surface area (Å²) in [5.74, 6) is -0.858. The van der Waals surface area contributed by atoms with Crippen LogP contribution in [0.4, 0.5) is 0 Å². The Labute approximate surface area is 67.4 Å². The van der Waals surface area contributed by atoms with Crippen molar-refractivity contribution in [1.82, 2.24) is 0 Å². The van der Waals surface area contributed by atoms with Crippen LogP contribution < -0.4 is 0 Å². The van der Waals surface area contributed by atoms with Gasteiger partial charge in [0.1, 0.15) is 0 Å². The molecule has 1 atom stereocenters. The molecule has 0 radical (unpaired) electrons. The largest absolute Gasteiger partial charge is 0.479 e. The normalized spacial score (nSPS) is 14.0. The molecule has 0 spiro atoms. The first-order chi connectivity index (χ1) is 4.95. The summed E-state index contributed by atoms with van der Waals surface area (Å²) in [6, 6.07) is 0. The zero-order valence-corrected chi connectivity index (χ0v) is 7.50. The van der Waals surface area contributed by atoms with Gasteiger partial charge in [-0.3, -0.25) is 0 Å². The minimum atomic E-state index is -0.881. The standard InChI is InChI=1S/C8H16O3/c1-5(2)7(8(9)10)11-6(3)4/h5-7H,1-4H3,(H,9,10)/t7-/m0/s1. The van der Waals surface area contributed by atoms with Gasteiger partial charge in [0.05, 0.1) is 6.10 Å². The molecule has 0 rings (SSSR count). The number of carbonyl (C=O) groups is 1. The van der Waals surface area contributed by atoms with Crippen LogP contribution in [-0.4, -0.2) is 23.3 Å². The van der Waals surface area contributed by atoms with Crippen molar-refractivity contribution in [3.63, 3.8) is 0 Å². The first kappa shape index (κ1) is 10.4. The lowest BCUT2D eigenvalue weighted by atomic mass is 10.1. The second-order valence-electron chi connectivity index (χ2n) is 3.19. The summed E-state index contributed by atoms with van der Waals surface area (Å²) in [4.78, 5) is 10.6. The van der Waals surface area contributed by atoms with E-state index in [2.05, 4.69) is 0 Å². The average molecular weight is 160 g/mol. The van der Waals surface area contributed by atoms with E-state index in [1.165, 1.54) is 0 Å². The molecule has 0 amide bonds. The molecule has 66 valence electrons. The molecule has 0 saturated heterocycles. The molecule has 3 heteroatoms. The van der Waals surface area contributed by atoms with Crippen molar-refractivity contribution >= 4 is 5.97 Å².